The monoisotopic (exact) mass is 431 g/mol. The third kappa shape index (κ3) is 9.62. The number of pyridine rings is 1. The van der Waals surface area contributed by atoms with Crippen LogP contribution in [0, 0.1) is 0 Å². The summed E-state index contributed by atoms with van der Waals surface area (Å²) in [7, 11) is 1.97. The van der Waals surface area contributed by atoms with Crippen molar-refractivity contribution in [2.24, 2.45) is 7.05 Å². The number of aryl methyl sites for hydroxylation is 1. The molecular weight excluding hydrogens is 396 g/mol. The number of hydrogen-bond acceptors (Lipinski definition) is 2. The maximum absolute atomic E-state index is 12.2. The van der Waals surface area contributed by atoms with Gasteiger partial charge in [0.1, 0.15) is 12.8 Å². The molecule has 0 radical (unpaired) electrons. The molecule has 2 rings (SSSR count). The fourth-order valence-corrected chi connectivity index (χ4v) is 3.51. The highest BCUT2D eigenvalue weighted by Gasteiger charge is 2.09. The molecule has 0 aliphatic carbocycles. The van der Waals surface area contributed by atoms with Gasteiger partial charge in [-0.3, -0.25) is 4.79 Å². The second-order valence-electron chi connectivity index (χ2n) is 7.90. The van der Waals surface area contributed by atoms with E-state index in [0.717, 1.165) is 23.3 Å². The topological polar surface area (TPSA) is 42.2 Å². The highest BCUT2D eigenvalue weighted by molar-refractivity contribution is 6.31. The van der Waals surface area contributed by atoms with E-state index in [-0.39, 0.29) is 12.3 Å². The highest BCUT2D eigenvalue weighted by atomic mass is 35.5. The van der Waals surface area contributed by atoms with Crippen LogP contribution in [-0.2, 0) is 24.8 Å². The molecule has 1 amide bonds. The molecule has 0 saturated carbocycles. The number of carbonyl (C=O) groups excluding carboxylic acids is 1. The molecule has 0 fully saturated rings. The van der Waals surface area contributed by atoms with Crippen LogP contribution in [0.15, 0.2) is 42.7 Å². The van der Waals surface area contributed by atoms with Gasteiger partial charge in [0.15, 0.2) is 12.4 Å². The lowest BCUT2D eigenvalue weighted by Crippen LogP contribution is -2.28. The molecule has 1 aromatic heterocycles. The molecule has 0 spiro atoms. The summed E-state index contributed by atoms with van der Waals surface area (Å²) in [6, 6.07) is 9.58. The van der Waals surface area contributed by atoms with Crippen molar-refractivity contribution in [1.82, 2.24) is 5.32 Å². The van der Waals surface area contributed by atoms with E-state index in [4.69, 9.17) is 16.3 Å². The Kier molecular flexibility index (Phi) is 11.3. The summed E-state index contributed by atoms with van der Waals surface area (Å²) in [6.45, 7) is 3.47. The Bertz CT molecular complexity index is 762. The lowest BCUT2D eigenvalue weighted by molar-refractivity contribution is -0.671. The number of carbonyl (C=O) groups is 1. The van der Waals surface area contributed by atoms with Crippen LogP contribution in [0.2, 0.25) is 5.02 Å². The van der Waals surface area contributed by atoms with Crippen LogP contribution < -0.4 is 14.6 Å². The average molecular weight is 432 g/mol. The number of rotatable bonds is 14. The summed E-state index contributed by atoms with van der Waals surface area (Å²) < 4.78 is 7.78. The minimum atomic E-state index is -0.0438. The van der Waals surface area contributed by atoms with Crippen molar-refractivity contribution in [1.29, 1.82) is 0 Å². The molecule has 1 heterocycles. The summed E-state index contributed by atoms with van der Waals surface area (Å²) in [6.07, 6.45) is 14.4. The first-order chi connectivity index (χ1) is 14.6. The van der Waals surface area contributed by atoms with E-state index in [2.05, 4.69) is 12.2 Å². The van der Waals surface area contributed by atoms with Gasteiger partial charge in [-0.15, -0.1) is 0 Å². The Balaban J connectivity index is 1.65. The fraction of sp³-hybridized carbons (Fsp3) is 0.520. The van der Waals surface area contributed by atoms with Crippen molar-refractivity contribution < 1.29 is 14.1 Å². The van der Waals surface area contributed by atoms with E-state index < -0.39 is 0 Å². The smallest absolute Gasteiger partial charge is 0.224 e. The molecule has 0 saturated heterocycles. The Labute approximate surface area is 186 Å². The number of aromatic nitrogens is 1. The Hall–Kier alpha value is -2.07. The minimum absolute atomic E-state index is 0.0438. The summed E-state index contributed by atoms with van der Waals surface area (Å²) in [5.41, 5.74) is 1.88. The van der Waals surface area contributed by atoms with Crippen LogP contribution >= 0.6 is 11.6 Å². The predicted molar refractivity (Wildman–Crippen MR) is 123 cm³/mol. The number of nitrogens with zero attached hydrogens (tertiary/aromatic N) is 1. The van der Waals surface area contributed by atoms with Gasteiger partial charge in [-0.2, -0.15) is 0 Å². The van der Waals surface area contributed by atoms with Gasteiger partial charge in [0, 0.05) is 23.7 Å². The number of halogens is 1. The first-order valence-corrected chi connectivity index (χ1v) is 11.6. The summed E-state index contributed by atoms with van der Waals surface area (Å²) >= 11 is 6.37. The SMILES string of the molecule is CCCCCCCCCCOc1ccc(CC(=O)NCc2cc[n+](C)cc2)c(Cl)c1. The van der Waals surface area contributed by atoms with Crippen LogP contribution in [0.3, 0.4) is 0 Å². The third-order valence-corrected chi connectivity index (χ3v) is 5.53. The van der Waals surface area contributed by atoms with Gasteiger partial charge in [-0.05, 0) is 29.7 Å². The van der Waals surface area contributed by atoms with E-state index in [9.17, 15) is 4.79 Å². The van der Waals surface area contributed by atoms with Crippen molar-refractivity contribution >= 4 is 17.5 Å². The van der Waals surface area contributed by atoms with Gasteiger partial charge in [0.05, 0.1) is 13.0 Å². The van der Waals surface area contributed by atoms with Crippen molar-refractivity contribution in [3.63, 3.8) is 0 Å². The van der Waals surface area contributed by atoms with E-state index >= 15 is 0 Å². The normalized spacial score (nSPS) is 10.8. The first kappa shape index (κ1) is 24.2. The van der Waals surface area contributed by atoms with Gasteiger partial charge < -0.3 is 10.1 Å². The van der Waals surface area contributed by atoms with Crippen LogP contribution in [-0.4, -0.2) is 12.5 Å². The van der Waals surface area contributed by atoms with Crippen LogP contribution in [0.5, 0.6) is 5.75 Å². The molecular formula is C25H36ClN2O2+. The molecule has 30 heavy (non-hydrogen) atoms. The number of hydrogen-bond donors (Lipinski definition) is 1. The Morgan fingerprint density at radius 1 is 1.00 bits per heavy atom. The van der Waals surface area contributed by atoms with Crippen molar-refractivity contribution in [3.8, 4) is 5.75 Å². The van der Waals surface area contributed by atoms with Gasteiger partial charge in [0.25, 0.3) is 0 Å². The molecule has 0 aliphatic heterocycles. The van der Waals surface area contributed by atoms with Crippen LogP contribution in [0.1, 0.15) is 69.4 Å². The molecule has 0 atom stereocenters. The van der Waals surface area contributed by atoms with Crippen LogP contribution in [0.4, 0.5) is 0 Å². The van der Waals surface area contributed by atoms with Gasteiger partial charge >= 0.3 is 0 Å². The van der Waals surface area contributed by atoms with E-state index in [1.165, 1.54) is 44.9 Å². The lowest BCUT2D eigenvalue weighted by Gasteiger charge is -2.10. The standard InChI is InChI=1S/C25H35ClN2O2/c1-3-4-5-6-7-8-9-10-17-30-23-12-11-22(24(26)19-23)18-25(29)27-20-21-13-15-28(2)16-14-21/h11-16,19H,3-10,17-18,20H2,1-2H3/p+1. The lowest BCUT2D eigenvalue weighted by atomic mass is 10.1. The van der Waals surface area contributed by atoms with E-state index in [1.807, 2.05) is 54.3 Å². The molecule has 2 aromatic rings. The fourth-order valence-electron chi connectivity index (χ4n) is 3.27. The number of ether oxygens (including phenoxy) is 1. The second kappa shape index (κ2) is 14.0. The van der Waals surface area contributed by atoms with Crippen molar-refractivity contribution in [2.45, 2.75) is 71.3 Å². The van der Waals surface area contributed by atoms with Crippen molar-refractivity contribution in [3.05, 3.63) is 58.9 Å². The zero-order valence-electron chi connectivity index (χ0n) is 18.5. The summed E-state index contributed by atoms with van der Waals surface area (Å²) in [4.78, 5) is 12.2. The Morgan fingerprint density at radius 3 is 2.33 bits per heavy atom. The number of amides is 1. The number of nitrogens with one attached hydrogen (secondary N) is 1. The number of benzene rings is 1. The molecule has 1 N–H and O–H groups in total. The quantitative estimate of drug-likeness (QED) is 0.315. The largest absolute Gasteiger partial charge is 0.494 e. The van der Waals surface area contributed by atoms with Gasteiger partial charge in [0.2, 0.25) is 5.91 Å². The Morgan fingerprint density at radius 2 is 1.67 bits per heavy atom. The van der Waals surface area contributed by atoms with Gasteiger partial charge in [-0.25, -0.2) is 4.57 Å². The van der Waals surface area contributed by atoms with Gasteiger partial charge in [-0.1, -0.05) is 69.5 Å². The summed E-state index contributed by atoms with van der Waals surface area (Å²) in [5.74, 6) is 0.724. The maximum Gasteiger partial charge on any atom is 0.224 e. The first-order valence-electron chi connectivity index (χ1n) is 11.2. The molecule has 0 unspecified atom stereocenters. The van der Waals surface area contributed by atoms with Crippen LogP contribution in [0.25, 0.3) is 0 Å². The van der Waals surface area contributed by atoms with E-state index in [0.29, 0.717) is 18.2 Å². The number of unbranched alkanes of at least 4 members (excludes halogenated alkanes) is 7. The summed E-state index contributed by atoms with van der Waals surface area (Å²) in [5, 5.41) is 3.51. The predicted octanol–water partition coefficient (Wildman–Crippen LogP) is 5.54. The molecule has 1 aromatic carbocycles. The van der Waals surface area contributed by atoms with Crippen molar-refractivity contribution in [2.75, 3.05) is 6.61 Å². The molecule has 0 bridgehead atoms. The molecule has 4 nitrogen and oxygen atoms in total. The molecule has 5 heteroatoms. The average Bonchev–Trinajstić information content (AvgIpc) is 2.74. The molecule has 164 valence electrons. The zero-order valence-corrected chi connectivity index (χ0v) is 19.2. The maximum atomic E-state index is 12.2. The second-order valence-corrected chi connectivity index (χ2v) is 8.31. The minimum Gasteiger partial charge on any atom is -0.494 e. The third-order valence-electron chi connectivity index (χ3n) is 5.18. The highest BCUT2D eigenvalue weighted by Crippen LogP contribution is 2.23. The molecule has 0 aliphatic rings. The van der Waals surface area contributed by atoms with E-state index in [1.54, 1.807) is 0 Å². The zero-order chi connectivity index (χ0) is 21.6.